The fraction of sp³-hybridized carbons (Fsp3) is 0.333. The van der Waals surface area contributed by atoms with Crippen LogP contribution in [0.4, 0.5) is 10.1 Å². The normalized spacial score (nSPS) is 19.5. The number of anilines is 1. The number of rotatable bonds is 2. The molecule has 5 heteroatoms. The molecule has 0 radical (unpaired) electrons. The molecule has 0 aromatic heterocycles. The molecule has 1 atom stereocenters. The zero-order valence-electron chi connectivity index (χ0n) is 8.99. The van der Waals surface area contributed by atoms with Gasteiger partial charge in [0, 0.05) is 18.8 Å². The first-order valence-corrected chi connectivity index (χ1v) is 5.75. The van der Waals surface area contributed by atoms with E-state index in [-0.39, 0.29) is 17.5 Å². The third-order valence-corrected chi connectivity index (χ3v) is 3.23. The molecule has 1 aliphatic rings. The highest BCUT2D eigenvalue weighted by molar-refractivity contribution is 6.18. The lowest BCUT2D eigenvalue weighted by Gasteiger charge is -2.17. The van der Waals surface area contributed by atoms with Gasteiger partial charge in [0.1, 0.15) is 5.82 Å². The average Bonchev–Trinajstić information content (AvgIpc) is 2.71. The van der Waals surface area contributed by atoms with Crippen molar-refractivity contribution in [2.75, 3.05) is 17.3 Å². The summed E-state index contributed by atoms with van der Waals surface area (Å²) >= 11 is 5.70. The van der Waals surface area contributed by atoms with Crippen LogP contribution >= 0.6 is 11.6 Å². The number of amides is 1. The lowest BCUT2D eigenvalue weighted by Crippen LogP contribution is -2.25. The molecule has 0 saturated carbocycles. The maximum absolute atomic E-state index is 13.6. The van der Waals surface area contributed by atoms with Gasteiger partial charge in [-0.25, -0.2) is 4.39 Å². The highest BCUT2D eigenvalue weighted by Gasteiger charge is 2.31. The van der Waals surface area contributed by atoms with Gasteiger partial charge in [0.25, 0.3) is 0 Å². The van der Waals surface area contributed by atoms with Crippen molar-refractivity contribution in [1.29, 1.82) is 5.26 Å². The quantitative estimate of drug-likeness (QED) is 0.758. The Balaban J connectivity index is 2.34. The second-order valence-electron chi connectivity index (χ2n) is 4.01. The number of halogens is 2. The number of nitriles is 1. The van der Waals surface area contributed by atoms with Gasteiger partial charge in [-0.05, 0) is 24.1 Å². The SMILES string of the molecule is N#Cc1ccc(F)c(N2CC(CCl)CC2=O)c1. The standard InChI is InChI=1S/C12H10ClFN2O/c13-5-9-4-12(17)16(7-9)11-3-8(6-15)1-2-10(11)14/h1-3,9H,4-5,7H2. The van der Waals surface area contributed by atoms with Gasteiger partial charge in [-0.1, -0.05) is 0 Å². The van der Waals surface area contributed by atoms with Crippen LogP contribution in [0.5, 0.6) is 0 Å². The van der Waals surface area contributed by atoms with Crippen molar-refractivity contribution in [3.63, 3.8) is 0 Å². The molecular formula is C12H10ClFN2O. The van der Waals surface area contributed by atoms with Gasteiger partial charge in [-0.2, -0.15) is 5.26 Å². The Bertz CT molecular complexity index is 498. The van der Waals surface area contributed by atoms with Crippen LogP contribution in [0.3, 0.4) is 0 Å². The summed E-state index contributed by atoms with van der Waals surface area (Å²) in [6.07, 6.45) is 0.333. The smallest absolute Gasteiger partial charge is 0.227 e. The van der Waals surface area contributed by atoms with E-state index < -0.39 is 5.82 Å². The topological polar surface area (TPSA) is 44.1 Å². The minimum Gasteiger partial charge on any atom is -0.309 e. The number of hydrogen-bond donors (Lipinski definition) is 0. The maximum atomic E-state index is 13.6. The molecule has 17 heavy (non-hydrogen) atoms. The Morgan fingerprint density at radius 1 is 1.59 bits per heavy atom. The fourth-order valence-electron chi connectivity index (χ4n) is 1.91. The maximum Gasteiger partial charge on any atom is 0.227 e. The highest BCUT2D eigenvalue weighted by atomic mass is 35.5. The fourth-order valence-corrected chi connectivity index (χ4v) is 2.11. The van der Waals surface area contributed by atoms with Gasteiger partial charge in [0.05, 0.1) is 17.3 Å². The van der Waals surface area contributed by atoms with Crippen molar-refractivity contribution in [3.8, 4) is 6.07 Å². The van der Waals surface area contributed by atoms with Gasteiger partial charge in [0.15, 0.2) is 0 Å². The number of carbonyl (C=O) groups excluding carboxylic acids is 1. The van der Waals surface area contributed by atoms with Gasteiger partial charge < -0.3 is 4.90 Å². The van der Waals surface area contributed by atoms with E-state index in [1.165, 1.54) is 23.1 Å². The number of carbonyl (C=O) groups is 1. The van der Waals surface area contributed by atoms with Crippen LogP contribution in [0.15, 0.2) is 18.2 Å². The van der Waals surface area contributed by atoms with Crippen LogP contribution < -0.4 is 4.90 Å². The summed E-state index contributed by atoms with van der Waals surface area (Å²) < 4.78 is 13.6. The molecular weight excluding hydrogens is 243 g/mol. The molecule has 0 bridgehead atoms. The number of alkyl halides is 1. The lowest BCUT2D eigenvalue weighted by molar-refractivity contribution is -0.117. The van der Waals surface area contributed by atoms with E-state index in [1.54, 1.807) is 0 Å². The summed E-state index contributed by atoms with van der Waals surface area (Å²) in [7, 11) is 0. The first kappa shape index (κ1) is 11.9. The van der Waals surface area contributed by atoms with Crippen molar-refractivity contribution in [3.05, 3.63) is 29.6 Å². The highest BCUT2D eigenvalue weighted by Crippen LogP contribution is 2.28. The summed E-state index contributed by atoms with van der Waals surface area (Å²) in [6.45, 7) is 0.411. The molecule has 88 valence electrons. The summed E-state index contributed by atoms with van der Waals surface area (Å²) in [5, 5.41) is 8.76. The summed E-state index contributed by atoms with van der Waals surface area (Å²) in [4.78, 5) is 13.1. The Kier molecular flexibility index (Phi) is 3.30. The molecule has 0 aliphatic carbocycles. The van der Waals surface area contributed by atoms with E-state index in [0.717, 1.165) is 0 Å². The van der Waals surface area contributed by atoms with E-state index in [9.17, 15) is 9.18 Å². The van der Waals surface area contributed by atoms with Crippen molar-refractivity contribution < 1.29 is 9.18 Å². The van der Waals surface area contributed by atoms with Crippen LogP contribution in [0.2, 0.25) is 0 Å². The number of nitrogens with zero attached hydrogens (tertiary/aromatic N) is 2. The first-order chi connectivity index (χ1) is 8.15. The van der Waals surface area contributed by atoms with E-state index >= 15 is 0 Å². The molecule has 2 rings (SSSR count). The zero-order chi connectivity index (χ0) is 12.4. The second kappa shape index (κ2) is 4.72. The molecule has 3 nitrogen and oxygen atoms in total. The monoisotopic (exact) mass is 252 g/mol. The van der Waals surface area contributed by atoms with Crippen LogP contribution in [0.25, 0.3) is 0 Å². The molecule has 1 fully saturated rings. The van der Waals surface area contributed by atoms with Gasteiger partial charge in [-0.15, -0.1) is 11.6 Å². The third kappa shape index (κ3) is 2.25. The van der Waals surface area contributed by atoms with E-state index in [4.69, 9.17) is 16.9 Å². The predicted molar refractivity (Wildman–Crippen MR) is 62.3 cm³/mol. The lowest BCUT2D eigenvalue weighted by atomic mass is 10.1. The second-order valence-corrected chi connectivity index (χ2v) is 4.32. The Hall–Kier alpha value is -1.60. The zero-order valence-corrected chi connectivity index (χ0v) is 9.75. The van der Waals surface area contributed by atoms with Crippen LogP contribution in [-0.4, -0.2) is 18.3 Å². The number of hydrogen-bond acceptors (Lipinski definition) is 2. The Morgan fingerprint density at radius 2 is 2.35 bits per heavy atom. The van der Waals surface area contributed by atoms with Crippen molar-refractivity contribution in [2.45, 2.75) is 6.42 Å². The van der Waals surface area contributed by atoms with Crippen molar-refractivity contribution >= 4 is 23.2 Å². The van der Waals surface area contributed by atoms with Crippen LogP contribution in [0.1, 0.15) is 12.0 Å². The Labute approximate surface area is 103 Å². The largest absolute Gasteiger partial charge is 0.309 e. The summed E-state index contributed by atoms with van der Waals surface area (Å²) in [6, 6.07) is 5.91. The molecule has 1 amide bonds. The molecule has 1 aromatic carbocycles. The third-order valence-electron chi connectivity index (χ3n) is 2.79. The summed E-state index contributed by atoms with van der Waals surface area (Å²) in [5.74, 6) is -0.214. The number of benzene rings is 1. The molecule has 0 spiro atoms. The van der Waals surface area contributed by atoms with Gasteiger partial charge in [0.2, 0.25) is 5.91 Å². The molecule has 1 unspecified atom stereocenters. The predicted octanol–water partition coefficient (Wildman–Crippen LogP) is 2.29. The van der Waals surface area contributed by atoms with Crippen molar-refractivity contribution in [1.82, 2.24) is 0 Å². The minimum atomic E-state index is -0.493. The molecule has 1 heterocycles. The van der Waals surface area contributed by atoms with Crippen molar-refractivity contribution in [2.24, 2.45) is 5.92 Å². The van der Waals surface area contributed by atoms with Gasteiger partial charge >= 0.3 is 0 Å². The molecule has 1 aromatic rings. The van der Waals surface area contributed by atoms with E-state index in [1.807, 2.05) is 6.07 Å². The Morgan fingerprint density at radius 3 is 2.94 bits per heavy atom. The van der Waals surface area contributed by atoms with E-state index in [2.05, 4.69) is 0 Å². The van der Waals surface area contributed by atoms with Crippen LogP contribution in [0, 0.1) is 23.1 Å². The van der Waals surface area contributed by atoms with E-state index in [0.29, 0.717) is 24.4 Å². The summed E-state index contributed by atoms with van der Waals surface area (Å²) in [5.41, 5.74) is 0.505. The average molecular weight is 253 g/mol. The van der Waals surface area contributed by atoms with Gasteiger partial charge in [-0.3, -0.25) is 4.79 Å². The van der Waals surface area contributed by atoms with Crippen LogP contribution in [-0.2, 0) is 4.79 Å². The first-order valence-electron chi connectivity index (χ1n) is 5.21. The molecule has 1 saturated heterocycles. The molecule has 0 N–H and O–H groups in total. The minimum absolute atomic E-state index is 0.0503. The molecule has 1 aliphatic heterocycles.